The third kappa shape index (κ3) is 3.86. The molecule has 16 heavy (non-hydrogen) atoms. The third-order valence-electron chi connectivity index (χ3n) is 2.59. The van der Waals surface area contributed by atoms with Gasteiger partial charge in [0.15, 0.2) is 0 Å². The van der Waals surface area contributed by atoms with E-state index in [2.05, 4.69) is 51.2 Å². The Balaban J connectivity index is 2.52. The first kappa shape index (κ1) is 13.0. The maximum absolute atomic E-state index is 5.96. The molecule has 1 unspecified atom stereocenters. The fourth-order valence-electron chi connectivity index (χ4n) is 1.71. The predicted molar refractivity (Wildman–Crippen MR) is 69.2 cm³/mol. The van der Waals surface area contributed by atoms with E-state index < -0.39 is 0 Å². The van der Waals surface area contributed by atoms with Gasteiger partial charge in [0.25, 0.3) is 0 Å². The van der Waals surface area contributed by atoms with E-state index in [0.29, 0.717) is 0 Å². The highest BCUT2D eigenvalue weighted by Gasteiger charge is 2.07. The third-order valence-corrected chi connectivity index (χ3v) is 2.59. The Bertz CT molecular complexity index is 302. The van der Waals surface area contributed by atoms with Crippen LogP contribution in [0.25, 0.3) is 0 Å². The van der Waals surface area contributed by atoms with E-state index in [1.807, 2.05) is 0 Å². The molecule has 2 nitrogen and oxygen atoms in total. The molecule has 1 aromatic carbocycles. The minimum absolute atomic E-state index is 0.214. The summed E-state index contributed by atoms with van der Waals surface area (Å²) in [6, 6.07) is 6.25. The standard InChI is InChI=1S/C14H23NO/c1-5-9-15-10-13(4)16-14-11(2)7-6-8-12(14)3/h6-8,13,15H,5,9-10H2,1-4H3. The zero-order chi connectivity index (χ0) is 12.0. The molecule has 0 bridgehead atoms. The normalized spacial score (nSPS) is 12.5. The van der Waals surface area contributed by atoms with Crippen molar-refractivity contribution in [1.29, 1.82) is 0 Å². The van der Waals surface area contributed by atoms with Gasteiger partial charge in [0.05, 0.1) is 0 Å². The Morgan fingerprint density at radius 1 is 1.25 bits per heavy atom. The number of ether oxygens (including phenoxy) is 1. The summed E-state index contributed by atoms with van der Waals surface area (Å²) in [4.78, 5) is 0. The van der Waals surface area contributed by atoms with E-state index in [1.54, 1.807) is 0 Å². The first-order valence-corrected chi connectivity index (χ1v) is 6.08. The molecule has 0 fully saturated rings. The lowest BCUT2D eigenvalue weighted by molar-refractivity contribution is 0.214. The van der Waals surface area contributed by atoms with Crippen molar-refractivity contribution in [3.05, 3.63) is 29.3 Å². The molecule has 1 aromatic rings. The van der Waals surface area contributed by atoms with Gasteiger partial charge >= 0.3 is 0 Å². The largest absolute Gasteiger partial charge is 0.489 e. The summed E-state index contributed by atoms with van der Waals surface area (Å²) >= 11 is 0. The minimum atomic E-state index is 0.214. The van der Waals surface area contributed by atoms with Gasteiger partial charge in [0.2, 0.25) is 0 Å². The Morgan fingerprint density at radius 3 is 2.44 bits per heavy atom. The Labute approximate surface area is 99.0 Å². The molecule has 0 saturated heterocycles. The summed E-state index contributed by atoms with van der Waals surface area (Å²) in [7, 11) is 0. The van der Waals surface area contributed by atoms with Crippen LogP contribution in [0.4, 0.5) is 0 Å². The van der Waals surface area contributed by atoms with Gasteiger partial charge in [-0.25, -0.2) is 0 Å². The van der Waals surface area contributed by atoms with Gasteiger partial charge in [0, 0.05) is 6.54 Å². The van der Waals surface area contributed by atoms with E-state index in [9.17, 15) is 0 Å². The van der Waals surface area contributed by atoms with Crippen molar-refractivity contribution in [2.75, 3.05) is 13.1 Å². The van der Waals surface area contributed by atoms with Gasteiger partial charge in [0.1, 0.15) is 11.9 Å². The fraction of sp³-hybridized carbons (Fsp3) is 0.571. The van der Waals surface area contributed by atoms with Crippen molar-refractivity contribution < 1.29 is 4.74 Å². The predicted octanol–water partition coefficient (Wildman–Crippen LogP) is 3.07. The lowest BCUT2D eigenvalue weighted by Gasteiger charge is -2.18. The SMILES string of the molecule is CCCNCC(C)Oc1c(C)cccc1C. The monoisotopic (exact) mass is 221 g/mol. The molecule has 1 atom stereocenters. The van der Waals surface area contributed by atoms with Crippen molar-refractivity contribution >= 4 is 0 Å². The van der Waals surface area contributed by atoms with Crippen molar-refractivity contribution in [2.24, 2.45) is 0 Å². The summed E-state index contributed by atoms with van der Waals surface area (Å²) in [5, 5.41) is 3.37. The molecule has 0 saturated carbocycles. The number of hydrogen-bond donors (Lipinski definition) is 1. The molecule has 0 amide bonds. The number of rotatable bonds is 6. The first-order chi connectivity index (χ1) is 7.65. The van der Waals surface area contributed by atoms with Gasteiger partial charge in [-0.05, 0) is 44.9 Å². The molecule has 0 aliphatic heterocycles. The summed E-state index contributed by atoms with van der Waals surface area (Å²) in [5.74, 6) is 1.04. The summed E-state index contributed by atoms with van der Waals surface area (Å²) < 4.78 is 5.96. The van der Waals surface area contributed by atoms with Crippen LogP contribution in [0.3, 0.4) is 0 Å². The average Bonchev–Trinajstić information content (AvgIpc) is 2.24. The molecule has 0 aliphatic rings. The topological polar surface area (TPSA) is 21.3 Å². The van der Waals surface area contributed by atoms with E-state index in [-0.39, 0.29) is 6.10 Å². The Hall–Kier alpha value is -1.02. The highest BCUT2D eigenvalue weighted by atomic mass is 16.5. The van der Waals surface area contributed by atoms with Crippen molar-refractivity contribution in [2.45, 2.75) is 40.2 Å². The minimum Gasteiger partial charge on any atom is -0.489 e. The molecule has 0 radical (unpaired) electrons. The molecular weight excluding hydrogens is 198 g/mol. The quantitative estimate of drug-likeness (QED) is 0.745. The van der Waals surface area contributed by atoms with E-state index in [0.717, 1.165) is 25.3 Å². The van der Waals surface area contributed by atoms with Crippen molar-refractivity contribution in [1.82, 2.24) is 5.32 Å². The van der Waals surface area contributed by atoms with E-state index in [4.69, 9.17) is 4.74 Å². The van der Waals surface area contributed by atoms with Gasteiger partial charge in [-0.15, -0.1) is 0 Å². The zero-order valence-corrected chi connectivity index (χ0v) is 10.8. The smallest absolute Gasteiger partial charge is 0.125 e. The number of benzene rings is 1. The highest BCUT2D eigenvalue weighted by Crippen LogP contribution is 2.23. The van der Waals surface area contributed by atoms with Crippen LogP contribution >= 0.6 is 0 Å². The highest BCUT2D eigenvalue weighted by molar-refractivity contribution is 5.39. The van der Waals surface area contributed by atoms with Crippen LogP contribution < -0.4 is 10.1 Å². The van der Waals surface area contributed by atoms with Gasteiger partial charge in [-0.2, -0.15) is 0 Å². The molecule has 90 valence electrons. The molecule has 2 heteroatoms. The first-order valence-electron chi connectivity index (χ1n) is 6.08. The number of hydrogen-bond acceptors (Lipinski definition) is 2. The molecule has 1 rings (SSSR count). The number of aryl methyl sites for hydroxylation is 2. The summed E-state index contributed by atoms with van der Waals surface area (Å²) in [5.41, 5.74) is 2.42. The van der Waals surface area contributed by atoms with E-state index in [1.165, 1.54) is 11.1 Å². The average molecular weight is 221 g/mol. The second kappa shape index (κ2) is 6.54. The maximum atomic E-state index is 5.96. The molecule has 0 spiro atoms. The number of para-hydroxylation sites is 1. The van der Waals surface area contributed by atoms with Gasteiger partial charge < -0.3 is 10.1 Å². The van der Waals surface area contributed by atoms with Crippen LogP contribution in [0.2, 0.25) is 0 Å². The summed E-state index contributed by atoms with van der Waals surface area (Å²) in [6.07, 6.45) is 1.38. The van der Waals surface area contributed by atoms with Gasteiger partial charge in [-0.3, -0.25) is 0 Å². The van der Waals surface area contributed by atoms with Crippen LogP contribution in [0, 0.1) is 13.8 Å². The number of nitrogens with one attached hydrogen (secondary N) is 1. The zero-order valence-electron chi connectivity index (χ0n) is 10.8. The summed E-state index contributed by atoms with van der Waals surface area (Å²) in [6.45, 7) is 10.4. The van der Waals surface area contributed by atoms with Crippen molar-refractivity contribution in [3.8, 4) is 5.75 Å². The maximum Gasteiger partial charge on any atom is 0.125 e. The van der Waals surface area contributed by atoms with E-state index >= 15 is 0 Å². The van der Waals surface area contributed by atoms with Crippen LogP contribution in [0.15, 0.2) is 18.2 Å². The van der Waals surface area contributed by atoms with Gasteiger partial charge in [-0.1, -0.05) is 25.1 Å². The van der Waals surface area contributed by atoms with Crippen LogP contribution in [0.5, 0.6) is 5.75 Å². The molecule has 1 N–H and O–H groups in total. The molecule has 0 heterocycles. The fourth-order valence-corrected chi connectivity index (χ4v) is 1.71. The second-order valence-corrected chi connectivity index (χ2v) is 4.35. The lowest BCUT2D eigenvalue weighted by Crippen LogP contribution is -2.29. The Kier molecular flexibility index (Phi) is 5.33. The molecular formula is C14H23NO. The van der Waals surface area contributed by atoms with Crippen LogP contribution in [-0.4, -0.2) is 19.2 Å². The Morgan fingerprint density at radius 2 is 1.88 bits per heavy atom. The van der Waals surface area contributed by atoms with Crippen molar-refractivity contribution in [3.63, 3.8) is 0 Å². The lowest BCUT2D eigenvalue weighted by atomic mass is 10.1. The van der Waals surface area contributed by atoms with Crippen LogP contribution in [-0.2, 0) is 0 Å². The molecule has 0 aromatic heterocycles. The second-order valence-electron chi connectivity index (χ2n) is 4.35. The molecule has 0 aliphatic carbocycles. The van der Waals surface area contributed by atoms with Crippen LogP contribution in [0.1, 0.15) is 31.4 Å².